The van der Waals surface area contributed by atoms with Gasteiger partial charge >= 0.3 is 6.03 Å². The van der Waals surface area contributed by atoms with E-state index in [1.807, 2.05) is 6.92 Å². The average Bonchev–Trinajstić information content (AvgIpc) is 2.69. The van der Waals surface area contributed by atoms with Crippen molar-refractivity contribution in [2.24, 2.45) is 0 Å². The van der Waals surface area contributed by atoms with Gasteiger partial charge in [-0.25, -0.2) is 4.79 Å². The van der Waals surface area contributed by atoms with E-state index in [4.69, 9.17) is 4.74 Å². The van der Waals surface area contributed by atoms with Gasteiger partial charge in [0.05, 0.1) is 12.6 Å². The Bertz CT molecular complexity index is 256. The van der Waals surface area contributed by atoms with Crippen molar-refractivity contribution in [2.45, 2.75) is 38.3 Å². The van der Waals surface area contributed by atoms with Gasteiger partial charge in [0.25, 0.3) is 0 Å². The van der Waals surface area contributed by atoms with Crippen LogP contribution in [0.4, 0.5) is 4.79 Å². The Kier molecular flexibility index (Phi) is 2.90. The first-order chi connectivity index (χ1) is 7.22. The molecule has 5 heteroatoms. The van der Waals surface area contributed by atoms with Crippen LogP contribution in [0.2, 0.25) is 0 Å². The maximum absolute atomic E-state index is 11.8. The minimum absolute atomic E-state index is 0.00331. The lowest BCUT2D eigenvalue weighted by Gasteiger charge is -2.33. The lowest BCUT2D eigenvalue weighted by atomic mass is 10.1. The Balaban J connectivity index is 2.05. The van der Waals surface area contributed by atoms with Crippen molar-refractivity contribution in [2.75, 3.05) is 13.2 Å². The SMILES string of the molecule is CCC1CC(=O)N(C2CCOC2)C(=O)N1. The molecular formula is C10H16N2O3. The molecule has 0 saturated carbocycles. The molecule has 2 atom stereocenters. The highest BCUT2D eigenvalue weighted by atomic mass is 16.5. The fourth-order valence-electron chi connectivity index (χ4n) is 2.06. The number of nitrogens with zero attached hydrogens (tertiary/aromatic N) is 1. The lowest BCUT2D eigenvalue weighted by Crippen LogP contribution is -2.58. The van der Waals surface area contributed by atoms with Gasteiger partial charge in [0.15, 0.2) is 0 Å². The second-order valence-electron chi connectivity index (χ2n) is 4.04. The van der Waals surface area contributed by atoms with Crippen LogP contribution in [0.5, 0.6) is 0 Å². The summed E-state index contributed by atoms with van der Waals surface area (Å²) in [5.74, 6) is -0.0684. The van der Waals surface area contributed by atoms with Crippen molar-refractivity contribution in [3.63, 3.8) is 0 Å². The monoisotopic (exact) mass is 212 g/mol. The molecule has 84 valence electrons. The van der Waals surface area contributed by atoms with E-state index in [1.54, 1.807) is 0 Å². The zero-order valence-electron chi connectivity index (χ0n) is 8.86. The molecule has 2 fully saturated rings. The molecule has 5 nitrogen and oxygen atoms in total. The first kappa shape index (κ1) is 10.4. The largest absolute Gasteiger partial charge is 0.379 e. The normalized spacial score (nSPS) is 31.9. The van der Waals surface area contributed by atoms with Crippen LogP contribution in [0.3, 0.4) is 0 Å². The molecule has 2 unspecified atom stereocenters. The maximum atomic E-state index is 11.8. The van der Waals surface area contributed by atoms with Crippen LogP contribution in [0.15, 0.2) is 0 Å². The third-order valence-corrected chi connectivity index (χ3v) is 3.00. The first-order valence-corrected chi connectivity index (χ1v) is 5.42. The molecule has 2 heterocycles. The summed E-state index contributed by atoms with van der Waals surface area (Å²) in [6, 6.07) is -0.313. The van der Waals surface area contributed by atoms with E-state index in [9.17, 15) is 9.59 Å². The number of imide groups is 1. The van der Waals surface area contributed by atoms with Crippen molar-refractivity contribution < 1.29 is 14.3 Å². The number of carbonyl (C=O) groups is 2. The molecule has 0 aromatic carbocycles. The van der Waals surface area contributed by atoms with Crippen LogP contribution < -0.4 is 5.32 Å². The molecule has 0 bridgehead atoms. The van der Waals surface area contributed by atoms with Gasteiger partial charge in [0.2, 0.25) is 5.91 Å². The predicted octanol–water partition coefficient (Wildman–Crippen LogP) is 0.496. The summed E-state index contributed by atoms with van der Waals surface area (Å²) in [5.41, 5.74) is 0. The number of ether oxygens (including phenoxy) is 1. The van der Waals surface area contributed by atoms with E-state index < -0.39 is 0 Å². The summed E-state index contributed by atoms with van der Waals surface area (Å²) < 4.78 is 5.19. The Hall–Kier alpha value is -1.10. The van der Waals surface area contributed by atoms with Crippen LogP contribution in [0.1, 0.15) is 26.2 Å². The summed E-state index contributed by atoms with van der Waals surface area (Å²) in [6.07, 6.45) is 1.97. The molecule has 2 saturated heterocycles. The van der Waals surface area contributed by atoms with Gasteiger partial charge < -0.3 is 10.1 Å². The Morgan fingerprint density at radius 1 is 1.53 bits per heavy atom. The van der Waals surface area contributed by atoms with Crippen LogP contribution >= 0.6 is 0 Å². The summed E-state index contributed by atoms with van der Waals surface area (Å²) in [6.45, 7) is 3.08. The quantitative estimate of drug-likeness (QED) is 0.725. The third kappa shape index (κ3) is 1.97. The fraction of sp³-hybridized carbons (Fsp3) is 0.800. The highest BCUT2D eigenvalue weighted by molar-refractivity contribution is 5.97. The summed E-state index contributed by atoms with van der Waals surface area (Å²) >= 11 is 0. The van der Waals surface area contributed by atoms with Crippen molar-refractivity contribution in [1.29, 1.82) is 0 Å². The molecule has 15 heavy (non-hydrogen) atoms. The van der Waals surface area contributed by atoms with Crippen LogP contribution in [-0.2, 0) is 9.53 Å². The number of urea groups is 1. The molecule has 1 N–H and O–H groups in total. The van der Waals surface area contributed by atoms with Gasteiger partial charge in [-0.3, -0.25) is 9.69 Å². The second-order valence-corrected chi connectivity index (χ2v) is 4.04. The zero-order chi connectivity index (χ0) is 10.8. The van der Waals surface area contributed by atoms with Crippen LogP contribution in [-0.4, -0.2) is 42.1 Å². The van der Waals surface area contributed by atoms with Crippen molar-refractivity contribution >= 4 is 11.9 Å². The molecule has 2 aliphatic rings. The third-order valence-electron chi connectivity index (χ3n) is 3.00. The minimum atomic E-state index is -0.256. The summed E-state index contributed by atoms with van der Waals surface area (Å²) in [4.78, 5) is 24.8. The molecule has 0 aromatic heterocycles. The number of nitrogens with one attached hydrogen (secondary N) is 1. The molecule has 0 radical (unpaired) electrons. The van der Waals surface area contributed by atoms with Crippen LogP contribution in [0.25, 0.3) is 0 Å². The second kappa shape index (κ2) is 4.18. The summed E-state index contributed by atoms with van der Waals surface area (Å²) in [5, 5.41) is 2.83. The molecular weight excluding hydrogens is 196 g/mol. The van der Waals surface area contributed by atoms with Crippen molar-refractivity contribution in [3.05, 3.63) is 0 Å². The van der Waals surface area contributed by atoms with E-state index in [0.717, 1.165) is 12.8 Å². The average molecular weight is 212 g/mol. The standard InChI is InChI=1S/C10H16N2O3/c1-2-7-5-9(13)12(10(14)11-7)8-3-4-15-6-8/h7-8H,2-6H2,1H3,(H,11,14). The number of carbonyl (C=O) groups excluding carboxylic acids is 2. The number of hydrogen-bond acceptors (Lipinski definition) is 3. The van der Waals surface area contributed by atoms with Crippen LogP contribution in [0, 0.1) is 0 Å². The van der Waals surface area contributed by atoms with E-state index in [-0.39, 0.29) is 24.0 Å². The molecule has 0 aromatic rings. The highest BCUT2D eigenvalue weighted by Gasteiger charge is 2.37. The van der Waals surface area contributed by atoms with E-state index >= 15 is 0 Å². The molecule has 2 aliphatic heterocycles. The van der Waals surface area contributed by atoms with Gasteiger partial charge in [0, 0.05) is 19.1 Å². The van der Waals surface area contributed by atoms with Crippen molar-refractivity contribution in [1.82, 2.24) is 10.2 Å². The number of amides is 3. The van der Waals surface area contributed by atoms with E-state index in [1.165, 1.54) is 4.90 Å². The summed E-state index contributed by atoms with van der Waals surface area (Å²) in [7, 11) is 0. The Morgan fingerprint density at radius 3 is 2.87 bits per heavy atom. The fourth-order valence-corrected chi connectivity index (χ4v) is 2.06. The number of hydrogen-bond donors (Lipinski definition) is 1. The maximum Gasteiger partial charge on any atom is 0.324 e. The lowest BCUT2D eigenvalue weighted by molar-refractivity contribution is -0.132. The molecule has 3 amide bonds. The topological polar surface area (TPSA) is 58.6 Å². The smallest absolute Gasteiger partial charge is 0.324 e. The van der Waals surface area contributed by atoms with E-state index in [2.05, 4.69) is 5.32 Å². The minimum Gasteiger partial charge on any atom is -0.379 e. The highest BCUT2D eigenvalue weighted by Crippen LogP contribution is 2.18. The molecule has 0 spiro atoms. The Labute approximate surface area is 88.8 Å². The zero-order valence-corrected chi connectivity index (χ0v) is 8.86. The predicted molar refractivity (Wildman–Crippen MR) is 53.3 cm³/mol. The van der Waals surface area contributed by atoms with Gasteiger partial charge in [-0.15, -0.1) is 0 Å². The Morgan fingerprint density at radius 2 is 2.33 bits per heavy atom. The number of rotatable bonds is 2. The molecule has 2 rings (SSSR count). The first-order valence-electron chi connectivity index (χ1n) is 5.42. The molecule has 0 aliphatic carbocycles. The van der Waals surface area contributed by atoms with Gasteiger partial charge in [-0.1, -0.05) is 6.92 Å². The van der Waals surface area contributed by atoms with Gasteiger partial charge in [-0.2, -0.15) is 0 Å². The van der Waals surface area contributed by atoms with Gasteiger partial charge in [0.1, 0.15) is 0 Å². The van der Waals surface area contributed by atoms with E-state index in [0.29, 0.717) is 19.6 Å². The van der Waals surface area contributed by atoms with Gasteiger partial charge in [-0.05, 0) is 12.8 Å². The van der Waals surface area contributed by atoms with Crippen molar-refractivity contribution in [3.8, 4) is 0 Å².